The lowest BCUT2D eigenvalue weighted by Crippen LogP contribution is -2.48. The van der Waals surface area contributed by atoms with Crippen molar-refractivity contribution in [1.29, 1.82) is 0 Å². The first-order valence-corrected chi connectivity index (χ1v) is 10.8. The molecule has 8 heteroatoms. The Morgan fingerprint density at radius 3 is 2.39 bits per heavy atom. The first kappa shape index (κ1) is 23.5. The predicted molar refractivity (Wildman–Crippen MR) is 129 cm³/mol. The summed E-state index contributed by atoms with van der Waals surface area (Å²) in [6, 6.07) is 16.9. The van der Waals surface area contributed by atoms with Crippen LogP contribution < -0.4 is 5.32 Å². The number of piperazine rings is 1. The quantitative estimate of drug-likeness (QED) is 0.563. The number of carbonyl (C=O) groups excluding carboxylic acids is 1. The fraction of sp³-hybridized carbons (Fsp3) is 0.304. The van der Waals surface area contributed by atoms with Crippen LogP contribution in [0, 0.1) is 6.92 Å². The summed E-state index contributed by atoms with van der Waals surface area (Å²) >= 11 is 1.64. The molecule has 1 unspecified atom stereocenters. The van der Waals surface area contributed by atoms with Crippen molar-refractivity contribution < 1.29 is 9.53 Å². The van der Waals surface area contributed by atoms with Gasteiger partial charge in [0.05, 0.1) is 16.7 Å². The number of nitrogens with one attached hydrogen (secondary N) is 1. The molecule has 1 fully saturated rings. The molecule has 3 aromatic rings. The van der Waals surface area contributed by atoms with Crippen molar-refractivity contribution in [1.82, 2.24) is 15.2 Å². The van der Waals surface area contributed by atoms with Crippen LogP contribution in [-0.2, 0) is 4.74 Å². The first-order chi connectivity index (χ1) is 14.2. The van der Waals surface area contributed by atoms with E-state index >= 15 is 0 Å². The van der Waals surface area contributed by atoms with Crippen molar-refractivity contribution in [3.63, 3.8) is 0 Å². The highest BCUT2D eigenvalue weighted by Gasteiger charge is 2.31. The van der Waals surface area contributed by atoms with Crippen LogP contribution in [0.4, 0.5) is 4.79 Å². The van der Waals surface area contributed by atoms with Crippen LogP contribution in [0.3, 0.4) is 0 Å². The van der Waals surface area contributed by atoms with Crippen molar-refractivity contribution in [2.24, 2.45) is 0 Å². The van der Waals surface area contributed by atoms with Crippen LogP contribution in [0.15, 0.2) is 53.9 Å². The number of aryl methyl sites for hydroxylation is 1. The molecule has 5 rings (SSSR count). The fourth-order valence-corrected chi connectivity index (χ4v) is 5.01. The van der Waals surface area contributed by atoms with E-state index in [9.17, 15) is 4.79 Å². The molecule has 1 aromatic heterocycles. The number of ether oxygens (including phenoxy) is 1. The Hall–Kier alpha value is -2.12. The van der Waals surface area contributed by atoms with E-state index in [-0.39, 0.29) is 42.9 Å². The SMILES string of the molecule is Cc1nc(C2CN(C(=O)OCC3c4ccccc4-c4ccccc43)CCN2)cs1.Cl.Cl. The van der Waals surface area contributed by atoms with Gasteiger partial charge in [-0.05, 0) is 29.2 Å². The van der Waals surface area contributed by atoms with Crippen molar-refractivity contribution in [3.8, 4) is 11.1 Å². The number of thiazole rings is 1. The molecule has 0 radical (unpaired) electrons. The van der Waals surface area contributed by atoms with Crippen LogP contribution in [-0.4, -0.2) is 42.2 Å². The van der Waals surface area contributed by atoms with Gasteiger partial charge in [0.2, 0.25) is 0 Å². The number of hydrogen-bond acceptors (Lipinski definition) is 5. The van der Waals surface area contributed by atoms with Gasteiger partial charge in [0.15, 0.2) is 0 Å². The molecule has 1 aliphatic carbocycles. The summed E-state index contributed by atoms with van der Waals surface area (Å²) in [6.07, 6.45) is -0.245. The molecule has 0 bridgehead atoms. The Balaban J connectivity index is 0.00000136. The number of rotatable bonds is 3. The molecule has 2 heterocycles. The molecule has 5 nitrogen and oxygen atoms in total. The van der Waals surface area contributed by atoms with E-state index in [1.165, 1.54) is 22.3 Å². The zero-order chi connectivity index (χ0) is 19.8. The summed E-state index contributed by atoms with van der Waals surface area (Å²) in [7, 11) is 0. The molecule has 31 heavy (non-hydrogen) atoms. The number of nitrogens with zero attached hydrogens (tertiary/aromatic N) is 2. The van der Waals surface area contributed by atoms with E-state index in [1.807, 2.05) is 6.92 Å². The number of fused-ring (bicyclic) bond motifs is 3. The summed E-state index contributed by atoms with van der Waals surface area (Å²) in [5.74, 6) is 0.0891. The molecular weight excluding hydrogens is 453 g/mol. The molecule has 0 spiro atoms. The maximum absolute atomic E-state index is 12.8. The van der Waals surface area contributed by atoms with E-state index in [2.05, 4.69) is 64.2 Å². The first-order valence-electron chi connectivity index (χ1n) is 9.96. The predicted octanol–water partition coefficient (Wildman–Crippen LogP) is 5.19. The molecule has 0 saturated carbocycles. The molecule has 1 amide bonds. The second-order valence-corrected chi connectivity index (χ2v) is 8.61. The molecule has 1 saturated heterocycles. The highest BCUT2D eigenvalue weighted by atomic mass is 35.5. The number of benzene rings is 2. The lowest BCUT2D eigenvalue weighted by Gasteiger charge is -2.32. The van der Waals surface area contributed by atoms with Crippen LogP contribution in [0.25, 0.3) is 11.1 Å². The molecule has 1 aliphatic heterocycles. The normalized spacial score (nSPS) is 17.2. The van der Waals surface area contributed by atoms with Gasteiger partial charge in [0, 0.05) is 30.9 Å². The van der Waals surface area contributed by atoms with Crippen LogP contribution >= 0.6 is 36.2 Å². The second-order valence-electron chi connectivity index (χ2n) is 7.55. The van der Waals surface area contributed by atoms with E-state index < -0.39 is 0 Å². The van der Waals surface area contributed by atoms with Gasteiger partial charge < -0.3 is 15.0 Å². The Kier molecular flexibility index (Phi) is 7.59. The number of carbonyl (C=O) groups is 1. The fourth-order valence-electron chi connectivity index (χ4n) is 4.34. The van der Waals surface area contributed by atoms with Crippen LogP contribution in [0.1, 0.15) is 33.8 Å². The summed E-state index contributed by atoms with van der Waals surface area (Å²) in [6.45, 7) is 4.33. The minimum Gasteiger partial charge on any atom is -0.448 e. The summed E-state index contributed by atoms with van der Waals surface area (Å²) in [5.41, 5.74) is 5.95. The Labute approximate surface area is 198 Å². The van der Waals surface area contributed by atoms with Crippen molar-refractivity contribution in [2.75, 3.05) is 26.2 Å². The van der Waals surface area contributed by atoms with E-state index in [1.54, 1.807) is 16.2 Å². The van der Waals surface area contributed by atoms with E-state index in [0.717, 1.165) is 17.2 Å². The van der Waals surface area contributed by atoms with Crippen molar-refractivity contribution in [2.45, 2.75) is 18.9 Å². The molecule has 2 aromatic carbocycles. The third kappa shape index (κ3) is 4.58. The average Bonchev–Trinajstić information content (AvgIpc) is 3.34. The third-order valence-corrected chi connectivity index (χ3v) is 6.56. The van der Waals surface area contributed by atoms with E-state index in [4.69, 9.17) is 4.74 Å². The molecule has 1 atom stereocenters. The molecule has 164 valence electrons. The van der Waals surface area contributed by atoms with Gasteiger partial charge in [-0.3, -0.25) is 0 Å². The van der Waals surface area contributed by atoms with Gasteiger partial charge in [-0.15, -0.1) is 36.2 Å². The Morgan fingerprint density at radius 1 is 1.13 bits per heavy atom. The van der Waals surface area contributed by atoms with Gasteiger partial charge >= 0.3 is 6.09 Å². The van der Waals surface area contributed by atoms with E-state index in [0.29, 0.717) is 19.7 Å². The summed E-state index contributed by atoms with van der Waals surface area (Å²) in [5, 5.41) is 6.56. The monoisotopic (exact) mass is 477 g/mol. The Bertz CT molecular complexity index is 1010. The van der Waals surface area contributed by atoms with Crippen molar-refractivity contribution in [3.05, 3.63) is 75.7 Å². The number of amides is 1. The van der Waals surface area contributed by atoms with Gasteiger partial charge in [-0.2, -0.15) is 0 Å². The van der Waals surface area contributed by atoms with Crippen LogP contribution in [0.2, 0.25) is 0 Å². The maximum Gasteiger partial charge on any atom is 0.409 e. The van der Waals surface area contributed by atoms with Gasteiger partial charge in [0.25, 0.3) is 0 Å². The number of halogens is 2. The maximum atomic E-state index is 12.8. The van der Waals surface area contributed by atoms with Crippen LogP contribution in [0.5, 0.6) is 0 Å². The largest absolute Gasteiger partial charge is 0.448 e. The van der Waals surface area contributed by atoms with Gasteiger partial charge in [-0.25, -0.2) is 9.78 Å². The zero-order valence-electron chi connectivity index (χ0n) is 17.1. The standard InChI is InChI=1S/C23H23N3O2S.2ClH/c1-15-25-22(14-29-15)21-12-26(11-10-24-21)23(27)28-13-20-18-8-4-2-6-16(18)17-7-3-5-9-19(17)20;;/h2-9,14,20-21,24H,10-13H2,1H3;2*1H. The summed E-state index contributed by atoms with van der Waals surface area (Å²) in [4.78, 5) is 19.2. The number of hydrogen-bond donors (Lipinski definition) is 1. The molecule has 2 aliphatic rings. The van der Waals surface area contributed by atoms with Gasteiger partial charge in [0.1, 0.15) is 6.61 Å². The minimum atomic E-state index is -0.245. The zero-order valence-corrected chi connectivity index (χ0v) is 19.6. The smallest absolute Gasteiger partial charge is 0.409 e. The highest BCUT2D eigenvalue weighted by molar-refractivity contribution is 7.09. The summed E-state index contributed by atoms with van der Waals surface area (Å²) < 4.78 is 5.81. The topological polar surface area (TPSA) is 54.5 Å². The van der Waals surface area contributed by atoms with Gasteiger partial charge in [-0.1, -0.05) is 48.5 Å². The minimum absolute atomic E-state index is 0. The molecule has 1 N–H and O–H groups in total. The third-order valence-electron chi connectivity index (χ3n) is 5.76. The lowest BCUT2D eigenvalue weighted by molar-refractivity contribution is 0.0880. The second kappa shape index (κ2) is 10.0. The Morgan fingerprint density at radius 2 is 1.77 bits per heavy atom. The average molecular weight is 478 g/mol. The highest BCUT2D eigenvalue weighted by Crippen LogP contribution is 2.44. The molecular formula is C23H25Cl2N3O2S. The lowest BCUT2D eigenvalue weighted by atomic mass is 9.98. The number of aromatic nitrogens is 1. The van der Waals surface area contributed by atoms with Crippen molar-refractivity contribution >= 4 is 42.2 Å².